The Bertz CT molecular complexity index is 957. The highest BCUT2D eigenvalue weighted by atomic mass is 16.5. The molecule has 0 aromatic heterocycles. The molecule has 0 fully saturated rings. The van der Waals surface area contributed by atoms with E-state index in [1.807, 2.05) is 18.2 Å². The maximum absolute atomic E-state index is 5.34. The number of para-hydroxylation sites is 1. The number of rotatable bonds is 5. The van der Waals surface area contributed by atoms with Crippen LogP contribution >= 0.6 is 0 Å². The lowest BCUT2D eigenvalue weighted by Crippen LogP contribution is -2.30. The third-order valence-electron chi connectivity index (χ3n) is 5.03. The second-order valence-corrected chi connectivity index (χ2v) is 6.63. The van der Waals surface area contributed by atoms with Gasteiger partial charge >= 0.3 is 0 Å². The van der Waals surface area contributed by atoms with Crippen LogP contribution in [0.15, 0.2) is 91.5 Å². The standard InChI is InChI=1S/C25H23NO/c1-3-9-24-23-13-8-7-10-20(23)18-25(19-14-16-22(27-2)17-15-19)26(24)21-11-5-4-6-12-21/h3-8,10-18,24H,1,9H2,2H3. The Labute approximate surface area is 161 Å². The van der Waals surface area contributed by atoms with Crippen LogP contribution in [0.5, 0.6) is 5.75 Å². The fraction of sp³-hybridized carbons (Fsp3) is 0.120. The zero-order valence-electron chi connectivity index (χ0n) is 15.5. The summed E-state index contributed by atoms with van der Waals surface area (Å²) in [4.78, 5) is 2.42. The summed E-state index contributed by atoms with van der Waals surface area (Å²) in [5.41, 5.74) is 6.14. The molecule has 0 saturated carbocycles. The van der Waals surface area contributed by atoms with E-state index in [0.717, 1.165) is 12.2 Å². The molecule has 1 unspecified atom stereocenters. The first kappa shape index (κ1) is 17.2. The van der Waals surface area contributed by atoms with Crippen molar-refractivity contribution in [2.75, 3.05) is 12.0 Å². The summed E-state index contributed by atoms with van der Waals surface area (Å²) >= 11 is 0. The summed E-state index contributed by atoms with van der Waals surface area (Å²) < 4.78 is 5.34. The van der Waals surface area contributed by atoms with Crippen LogP contribution in [-0.2, 0) is 0 Å². The Morgan fingerprint density at radius 1 is 0.926 bits per heavy atom. The number of methoxy groups -OCH3 is 1. The van der Waals surface area contributed by atoms with E-state index in [0.29, 0.717) is 0 Å². The topological polar surface area (TPSA) is 12.5 Å². The van der Waals surface area contributed by atoms with E-state index in [1.54, 1.807) is 7.11 Å². The smallest absolute Gasteiger partial charge is 0.118 e. The lowest BCUT2D eigenvalue weighted by atomic mass is 9.89. The van der Waals surface area contributed by atoms with Gasteiger partial charge in [-0.05, 0) is 65.6 Å². The lowest BCUT2D eigenvalue weighted by Gasteiger charge is -2.39. The van der Waals surface area contributed by atoms with Gasteiger partial charge in [-0.2, -0.15) is 0 Å². The van der Waals surface area contributed by atoms with E-state index in [2.05, 4.69) is 84.3 Å². The Morgan fingerprint density at radius 2 is 1.63 bits per heavy atom. The number of hydrogen-bond acceptors (Lipinski definition) is 2. The number of benzene rings is 3. The summed E-state index contributed by atoms with van der Waals surface area (Å²) in [6, 6.07) is 27.7. The van der Waals surface area contributed by atoms with Crippen LogP contribution < -0.4 is 9.64 Å². The van der Waals surface area contributed by atoms with Crippen LogP contribution in [0.1, 0.15) is 29.2 Å². The van der Waals surface area contributed by atoms with Gasteiger partial charge in [-0.3, -0.25) is 0 Å². The van der Waals surface area contributed by atoms with Crippen molar-refractivity contribution in [3.05, 3.63) is 108 Å². The number of ether oxygens (including phenoxy) is 1. The van der Waals surface area contributed by atoms with Crippen molar-refractivity contribution < 1.29 is 4.74 Å². The van der Waals surface area contributed by atoms with E-state index >= 15 is 0 Å². The predicted molar refractivity (Wildman–Crippen MR) is 114 cm³/mol. The second kappa shape index (κ2) is 7.55. The van der Waals surface area contributed by atoms with Crippen LogP contribution in [-0.4, -0.2) is 7.11 Å². The normalized spacial score (nSPS) is 15.7. The third kappa shape index (κ3) is 3.26. The van der Waals surface area contributed by atoms with Crippen molar-refractivity contribution in [1.82, 2.24) is 0 Å². The number of hydrogen-bond donors (Lipinski definition) is 0. The average Bonchev–Trinajstić information content (AvgIpc) is 2.74. The molecule has 0 spiro atoms. The van der Waals surface area contributed by atoms with Gasteiger partial charge in [0.1, 0.15) is 5.75 Å². The largest absolute Gasteiger partial charge is 0.497 e. The Balaban J connectivity index is 1.91. The maximum atomic E-state index is 5.34. The highest BCUT2D eigenvalue weighted by Gasteiger charge is 2.29. The maximum Gasteiger partial charge on any atom is 0.118 e. The Hall–Kier alpha value is -3.26. The molecule has 0 aliphatic carbocycles. The molecule has 134 valence electrons. The molecule has 0 amide bonds. The molecule has 0 N–H and O–H groups in total. The number of fused-ring (bicyclic) bond motifs is 1. The fourth-order valence-electron chi connectivity index (χ4n) is 3.75. The van der Waals surface area contributed by atoms with Crippen molar-refractivity contribution >= 4 is 17.5 Å². The van der Waals surface area contributed by atoms with Gasteiger partial charge in [-0.15, -0.1) is 6.58 Å². The Kier molecular flexibility index (Phi) is 4.80. The zero-order chi connectivity index (χ0) is 18.6. The molecule has 0 saturated heterocycles. The third-order valence-corrected chi connectivity index (χ3v) is 5.03. The van der Waals surface area contributed by atoms with Gasteiger partial charge in [0.25, 0.3) is 0 Å². The van der Waals surface area contributed by atoms with Crippen molar-refractivity contribution in [2.24, 2.45) is 0 Å². The molecule has 2 heteroatoms. The van der Waals surface area contributed by atoms with Gasteiger partial charge in [0, 0.05) is 11.4 Å². The molecule has 0 bridgehead atoms. The minimum absolute atomic E-state index is 0.211. The molecule has 3 aromatic carbocycles. The first-order valence-corrected chi connectivity index (χ1v) is 9.22. The van der Waals surface area contributed by atoms with Gasteiger partial charge in [0.05, 0.1) is 13.2 Å². The first-order valence-electron chi connectivity index (χ1n) is 9.22. The molecule has 1 atom stereocenters. The summed E-state index contributed by atoms with van der Waals surface area (Å²) in [6.07, 6.45) is 5.16. The lowest BCUT2D eigenvalue weighted by molar-refractivity contribution is 0.415. The molecular formula is C25H23NO. The second-order valence-electron chi connectivity index (χ2n) is 6.63. The molecule has 2 nitrogen and oxygen atoms in total. The number of anilines is 1. The minimum atomic E-state index is 0.211. The van der Waals surface area contributed by atoms with Gasteiger partial charge in [-0.25, -0.2) is 0 Å². The van der Waals surface area contributed by atoms with Gasteiger partial charge in [0.2, 0.25) is 0 Å². The zero-order valence-corrected chi connectivity index (χ0v) is 15.5. The van der Waals surface area contributed by atoms with E-state index in [4.69, 9.17) is 4.74 Å². The van der Waals surface area contributed by atoms with Crippen molar-refractivity contribution in [2.45, 2.75) is 12.5 Å². The molecule has 27 heavy (non-hydrogen) atoms. The Morgan fingerprint density at radius 3 is 2.33 bits per heavy atom. The van der Waals surface area contributed by atoms with Crippen molar-refractivity contribution in [3.8, 4) is 5.75 Å². The fourth-order valence-corrected chi connectivity index (χ4v) is 3.75. The summed E-state index contributed by atoms with van der Waals surface area (Å²) in [5, 5.41) is 0. The number of nitrogens with zero attached hydrogens (tertiary/aromatic N) is 1. The molecule has 4 rings (SSSR count). The summed E-state index contributed by atoms with van der Waals surface area (Å²) in [5.74, 6) is 0.865. The minimum Gasteiger partial charge on any atom is -0.497 e. The van der Waals surface area contributed by atoms with E-state index in [1.165, 1.54) is 28.1 Å². The average molecular weight is 353 g/mol. The van der Waals surface area contributed by atoms with Crippen LogP contribution in [0.2, 0.25) is 0 Å². The molecule has 0 radical (unpaired) electrons. The molecule has 1 aliphatic rings. The summed E-state index contributed by atoms with van der Waals surface area (Å²) in [6.45, 7) is 4.01. The van der Waals surface area contributed by atoms with E-state index in [9.17, 15) is 0 Å². The van der Waals surface area contributed by atoms with Gasteiger partial charge < -0.3 is 9.64 Å². The van der Waals surface area contributed by atoms with Crippen molar-refractivity contribution in [3.63, 3.8) is 0 Å². The molecular weight excluding hydrogens is 330 g/mol. The van der Waals surface area contributed by atoms with Gasteiger partial charge in [-0.1, -0.05) is 48.5 Å². The van der Waals surface area contributed by atoms with Crippen LogP contribution in [0.25, 0.3) is 11.8 Å². The monoisotopic (exact) mass is 353 g/mol. The van der Waals surface area contributed by atoms with Crippen molar-refractivity contribution in [1.29, 1.82) is 0 Å². The highest BCUT2D eigenvalue weighted by Crippen LogP contribution is 2.43. The quantitative estimate of drug-likeness (QED) is 0.497. The molecule has 1 heterocycles. The highest BCUT2D eigenvalue weighted by molar-refractivity contribution is 5.93. The SMILES string of the molecule is C=CCC1c2ccccc2C=C(c2ccc(OC)cc2)N1c1ccccc1. The summed E-state index contributed by atoms with van der Waals surface area (Å²) in [7, 11) is 1.70. The molecule has 3 aromatic rings. The van der Waals surface area contributed by atoms with E-state index in [-0.39, 0.29) is 6.04 Å². The van der Waals surface area contributed by atoms with Crippen LogP contribution in [0.4, 0.5) is 5.69 Å². The first-order chi connectivity index (χ1) is 13.3. The van der Waals surface area contributed by atoms with Gasteiger partial charge in [0.15, 0.2) is 0 Å². The van der Waals surface area contributed by atoms with Crippen LogP contribution in [0, 0.1) is 0 Å². The van der Waals surface area contributed by atoms with Crippen LogP contribution in [0.3, 0.4) is 0 Å². The molecule has 1 aliphatic heterocycles. The predicted octanol–water partition coefficient (Wildman–Crippen LogP) is 6.33. The van der Waals surface area contributed by atoms with E-state index < -0.39 is 0 Å².